The van der Waals surface area contributed by atoms with Gasteiger partial charge < -0.3 is 5.11 Å². The van der Waals surface area contributed by atoms with Crippen LogP contribution in [0.15, 0.2) is 6.20 Å². The van der Waals surface area contributed by atoms with Gasteiger partial charge in [-0.25, -0.2) is 4.79 Å². The first-order valence-corrected chi connectivity index (χ1v) is 3.88. The van der Waals surface area contributed by atoms with Crippen molar-refractivity contribution in [1.82, 2.24) is 9.78 Å². The number of aryl methyl sites for hydroxylation is 2. The van der Waals surface area contributed by atoms with Crippen molar-refractivity contribution >= 4 is 11.8 Å². The minimum Gasteiger partial charge on any atom is -0.475 e. The summed E-state index contributed by atoms with van der Waals surface area (Å²) in [5.41, 5.74) is 0.754. The minimum atomic E-state index is -1.45. The summed E-state index contributed by atoms with van der Waals surface area (Å²) in [6, 6.07) is 0. The molecule has 5 heteroatoms. The van der Waals surface area contributed by atoms with Gasteiger partial charge in [-0.3, -0.25) is 9.48 Å². The van der Waals surface area contributed by atoms with E-state index in [9.17, 15) is 9.59 Å². The van der Waals surface area contributed by atoms with Crippen LogP contribution in [0.3, 0.4) is 0 Å². The summed E-state index contributed by atoms with van der Waals surface area (Å²) in [5, 5.41) is 12.4. The topological polar surface area (TPSA) is 72.2 Å². The fourth-order valence-corrected chi connectivity index (χ4v) is 1.12. The lowest BCUT2D eigenvalue weighted by Crippen LogP contribution is -2.18. The van der Waals surface area contributed by atoms with Gasteiger partial charge >= 0.3 is 5.97 Å². The highest BCUT2D eigenvalue weighted by Gasteiger charge is 2.21. The number of carbonyl (C=O) groups is 2. The predicted octanol–water partition coefficient (Wildman–Crippen LogP) is 0.479. The van der Waals surface area contributed by atoms with Gasteiger partial charge in [-0.05, 0) is 19.4 Å². The van der Waals surface area contributed by atoms with Crippen molar-refractivity contribution < 1.29 is 14.7 Å². The summed E-state index contributed by atoms with van der Waals surface area (Å²) < 4.78 is 1.38. The number of Topliss-reactive ketones (excluding diaryl/α,β-unsaturated/α-hetero) is 1. The molecule has 0 fully saturated rings. The Balaban J connectivity index is 3.18. The van der Waals surface area contributed by atoms with E-state index >= 15 is 0 Å². The van der Waals surface area contributed by atoms with Gasteiger partial charge in [0.25, 0.3) is 5.78 Å². The maximum Gasteiger partial charge on any atom is 0.378 e. The summed E-state index contributed by atoms with van der Waals surface area (Å²) in [6.07, 6.45) is 1.49. The number of rotatable bonds is 3. The molecule has 0 unspecified atom stereocenters. The average Bonchev–Trinajstić information content (AvgIpc) is 2.45. The molecule has 0 saturated carbocycles. The summed E-state index contributed by atoms with van der Waals surface area (Å²) >= 11 is 0. The molecule has 0 aliphatic rings. The van der Waals surface area contributed by atoms with Crippen LogP contribution in [-0.2, 0) is 11.3 Å². The Bertz CT molecular complexity index is 354. The van der Waals surface area contributed by atoms with Gasteiger partial charge in [0.15, 0.2) is 0 Å². The molecule has 1 aromatic heterocycles. The average molecular weight is 182 g/mol. The van der Waals surface area contributed by atoms with Crippen LogP contribution in [0.25, 0.3) is 0 Å². The fraction of sp³-hybridized carbons (Fsp3) is 0.375. The molecule has 13 heavy (non-hydrogen) atoms. The van der Waals surface area contributed by atoms with Crippen LogP contribution >= 0.6 is 0 Å². The summed E-state index contributed by atoms with van der Waals surface area (Å²) in [4.78, 5) is 21.6. The van der Waals surface area contributed by atoms with Gasteiger partial charge in [0.2, 0.25) is 0 Å². The standard InChI is InChI=1S/C8H10N2O3/c1-3-10-6(5(2)4-9-10)7(11)8(12)13/h4H,3H2,1-2H3,(H,12,13). The Morgan fingerprint density at radius 2 is 2.23 bits per heavy atom. The number of ketones is 1. The first kappa shape index (κ1) is 9.44. The molecule has 1 aromatic rings. The lowest BCUT2D eigenvalue weighted by molar-refractivity contribution is -0.131. The number of nitrogens with zero attached hydrogens (tertiary/aromatic N) is 2. The smallest absolute Gasteiger partial charge is 0.378 e. The molecule has 0 aromatic carbocycles. The molecule has 0 spiro atoms. The monoisotopic (exact) mass is 182 g/mol. The second-order valence-electron chi connectivity index (χ2n) is 2.63. The van der Waals surface area contributed by atoms with E-state index in [-0.39, 0.29) is 5.69 Å². The molecule has 0 aliphatic heterocycles. The van der Waals surface area contributed by atoms with Crippen LogP contribution in [0.1, 0.15) is 23.0 Å². The highest BCUT2D eigenvalue weighted by molar-refractivity contribution is 6.39. The van der Waals surface area contributed by atoms with E-state index in [2.05, 4.69) is 5.10 Å². The van der Waals surface area contributed by atoms with Gasteiger partial charge in [-0.1, -0.05) is 0 Å². The molecular weight excluding hydrogens is 172 g/mol. The number of aliphatic carboxylic acids is 1. The van der Waals surface area contributed by atoms with E-state index in [1.807, 2.05) is 0 Å². The van der Waals surface area contributed by atoms with E-state index in [0.717, 1.165) is 0 Å². The zero-order chi connectivity index (χ0) is 10.0. The number of hydrogen-bond donors (Lipinski definition) is 1. The van der Waals surface area contributed by atoms with Crippen LogP contribution in [0, 0.1) is 6.92 Å². The van der Waals surface area contributed by atoms with Gasteiger partial charge in [0.05, 0.1) is 6.20 Å². The van der Waals surface area contributed by atoms with Gasteiger partial charge in [0, 0.05) is 6.54 Å². The molecule has 0 radical (unpaired) electrons. The van der Waals surface area contributed by atoms with E-state index in [1.54, 1.807) is 13.8 Å². The molecule has 1 heterocycles. The van der Waals surface area contributed by atoms with Crippen LogP contribution in [0.5, 0.6) is 0 Å². The number of carboxylic acid groups (broad SMARTS) is 1. The minimum absolute atomic E-state index is 0.162. The van der Waals surface area contributed by atoms with E-state index in [0.29, 0.717) is 12.1 Å². The molecule has 0 aliphatic carbocycles. The molecule has 0 atom stereocenters. The molecule has 0 amide bonds. The van der Waals surface area contributed by atoms with Crippen LogP contribution in [0.2, 0.25) is 0 Å². The second kappa shape index (κ2) is 3.38. The summed E-state index contributed by atoms with van der Waals surface area (Å²) in [6.45, 7) is 3.95. The van der Waals surface area contributed by atoms with E-state index in [4.69, 9.17) is 5.11 Å². The molecule has 1 N–H and O–H groups in total. The Hall–Kier alpha value is -1.65. The second-order valence-corrected chi connectivity index (χ2v) is 2.63. The maximum atomic E-state index is 11.1. The Morgan fingerprint density at radius 3 is 2.69 bits per heavy atom. The number of carbonyl (C=O) groups excluding carboxylic acids is 1. The van der Waals surface area contributed by atoms with E-state index < -0.39 is 11.8 Å². The normalized spacial score (nSPS) is 10.0. The van der Waals surface area contributed by atoms with Crippen molar-refractivity contribution in [3.8, 4) is 0 Å². The first-order valence-electron chi connectivity index (χ1n) is 3.88. The fourth-order valence-electron chi connectivity index (χ4n) is 1.12. The molecule has 1 rings (SSSR count). The summed E-state index contributed by atoms with van der Waals surface area (Å²) in [5.74, 6) is -2.35. The molecule has 70 valence electrons. The highest BCUT2D eigenvalue weighted by atomic mass is 16.4. The Morgan fingerprint density at radius 1 is 1.62 bits per heavy atom. The first-order chi connectivity index (χ1) is 6.07. The number of aromatic nitrogens is 2. The summed E-state index contributed by atoms with van der Waals surface area (Å²) in [7, 11) is 0. The third-order valence-electron chi connectivity index (χ3n) is 1.73. The molecule has 0 saturated heterocycles. The number of hydrogen-bond acceptors (Lipinski definition) is 3. The van der Waals surface area contributed by atoms with Gasteiger partial charge in [0.1, 0.15) is 5.69 Å². The van der Waals surface area contributed by atoms with E-state index in [1.165, 1.54) is 10.9 Å². The SMILES string of the molecule is CCn1ncc(C)c1C(=O)C(=O)O. The quantitative estimate of drug-likeness (QED) is 0.545. The van der Waals surface area contributed by atoms with Crippen LogP contribution in [-0.4, -0.2) is 26.6 Å². The zero-order valence-electron chi connectivity index (χ0n) is 7.44. The van der Waals surface area contributed by atoms with Gasteiger partial charge in [-0.15, -0.1) is 0 Å². The molecule has 5 nitrogen and oxygen atoms in total. The van der Waals surface area contributed by atoms with Gasteiger partial charge in [-0.2, -0.15) is 5.10 Å². The predicted molar refractivity (Wildman–Crippen MR) is 44.6 cm³/mol. The van der Waals surface area contributed by atoms with Crippen molar-refractivity contribution in [2.24, 2.45) is 0 Å². The van der Waals surface area contributed by atoms with Crippen molar-refractivity contribution in [2.45, 2.75) is 20.4 Å². The molecular formula is C8H10N2O3. The Kier molecular flexibility index (Phi) is 2.46. The third-order valence-corrected chi connectivity index (χ3v) is 1.73. The van der Waals surface area contributed by atoms with Crippen LogP contribution in [0.4, 0.5) is 0 Å². The van der Waals surface area contributed by atoms with Crippen molar-refractivity contribution in [1.29, 1.82) is 0 Å². The largest absolute Gasteiger partial charge is 0.475 e. The van der Waals surface area contributed by atoms with Crippen molar-refractivity contribution in [3.63, 3.8) is 0 Å². The number of carboxylic acids is 1. The molecule has 0 bridgehead atoms. The lowest BCUT2D eigenvalue weighted by Gasteiger charge is -2.00. The maximum absolute atomic E-state index is 11.1. The van der Waals surface area contributed by atoms with Crippen LogP contribution < -0.4 is 0 Å². The highest BCUT2D eigenvalue weighted by Crippen LogP contribution is 2.07. The zero-order valence-corrected chi connectivity index (χ0v) is 7.44. The van der Waals surface area contributed by atoms with Crippen molar-refractivity contribution in [2.75, 3.05) is 0 Å². The lowest BCUT2D eigenvalue weighted by atomic mass is 10.2. The third kappa shape index (κ3) is 1.58. The van der Waals surface area contributed by atoms with Crippen molar-refractivity contribution in [3.05, 3.63) is 17.5 Å². The Labute approximate surface area is 75.0 Å².